The zero-order valence-corrected chi connectivity index (χ0v) is 9.88. The summed E-state index contributed by atoms with van der Waals surface area (Å²) >= 11 is 0. The summed E-state index contributed by atoms with van der Waals surface area (Å²) in [5, 5.41) is 9.20. The summed E-state index contributed by atoms with van der Waals surface area (Å²) in [6, 6.07) is 12.0. The van der Waals surface area contributed by atoms with E-state index in [-0.39, 0.29) is 5.56 Å². The van der Waals surface area contributed by atoms with E-state index in [1.54, 1.807) is 30.3 Å². The molecule has 0 bridgehead atoms. The van der Waals surface area contributed by atoms with E-state index < -0.39 is 5.97 Å². The zero-order valence-electron chi connectivity index (χ0n) is 9.88. The summed E-state index contributed by atoms with van der Waals surface area (Å²) in [5.41, 5.74) is 7.86. The van der Waals surface area contributed by atoms with Gasteiger partial charge in [-0.1, -0.05) is 18.2 Å². The molecule has 3 N–H and O–H groups in total. The van der Waals surface area contributed by atoms with Crippen LogP contribution in [-0.2, 0) is 0 Å². The predicted molar refractivity (Wildman–Crippen MR) is 69.8 cm³/mol. The van der Waals surface area contributed by atoms with Crippen molar-refractivity contribution in [3.05, 3.63) is 48.0 Å². The Balaban J connectivity index is 2.68. The first-order valence-electron chi connectivity index (χ1n) is 5.39. The number of rotatable bonds is 3. The molecule has 0 aliphatic rings. The van der Waals surface area contributed by atoms with E-state index in [4.69, 9.17) is 10.5 Å². The van der Waals surface area contributed by atoms with Crippen molar-refractivity contribution in [3.8, 4) is 16.9 Å². The van der Waals surface area contributed by atoms with Crippen LogP contribution in [0.4, 0.5) is 5.69 Å². The minimum Gasteiger partial charge on any atom is -0.497 e. The van der Waals surface area contributed by atoms with Gasteiger partial charge in [-0.3, -0.25) is 0 Å². The molecule has 0 saturated carbocycles. The normalized spacial score (nSPS) is 10.1. The van der Waals surface area contributed by atoms with Crippen molar-refractivity contribution in [3.63, 3.8) is 0 Å². The lowest BCUT2D eigenvalue weighted by molar-refractivity contribution is 0.0697. The summed E-state index contributed by atoms with van der Waals surface area (Å²) in [6.45, 7) is 0. The molecule has 0 spiro atoms. The Morgan fingerprint density at radius 2 is 1.89 bits per heavy atom. The van der Waals surface area contributed by atoms with Crippen molar-refractivity contribution in [2.75, 3.05) is 12.8 Å². The molecule has 0 atom stereocenters. The van der Waals surface area contributed by atoms with Crippen molar-refractivity contribution >= 4 is 11.7 Å². The highest BCUT2D eigenvalue weighted by Gasteiger charge is 2.14. The number of para-hydroxylation sites is 1. The first kappa shape index (κ1) is 12.0. The summed E-state index contributed by atoms with van der Waals surface area (Å²) < 4.78 is 5.12. The van der Waals surface area contributed by atoms with E-state index in [9.17, 15) is 9.90 Å². The van der Waals surface area contributed by atoms with Crippen LogP contribution in [0, 0.1) is 0 Å². The molecule has 0 aromatic heterocycles. The second-order valence-corrected chi connectivity index (χ2v) is 3.80. The SMILES string of the molecule is COc1ccc(C(=O)O)c(-c2ccccc2N)c1. The quantitative estimate of drug-likeness (QED) is 0.813. The van der Waals surface area contributed by atoms with Gasteiger partial charge in [0.1, 0.15) is 5.75 Å². The molecule has 0 aliphatic carbocycles. The van der Waals surface area contributed by atoms with Crippen LogP contribution < -0.4 is 10.5 Å². The lowest BCUT2D eigenvalue weighted by Gasteiger charge is -2.10. The van der Waals surface area contributed by atoms with Crippen LogP contribution in [0.25, 0.3) is 11.1 Å². The van der Waals surface area contributed by atoms with Gasteiger partial charge < -0.3 is 15.6 Å². The topological polar surface area (TPSA) is 72.5 Å². The highest BCUT2D eigenvalue weighted by atomic mass is 16.5. The highest BCUT2D eigenvalue weighted by molar-refractivity contribution is 5.98. The highest BCUT2D eigenvalue weighted by Crippen LogP contribution is 2.31. The predicted octanol–water partition coefficient (Wildman–Crippen LogP) is 2.64. The second-order valence-electron chi connectivity index (χ2n) is 3.80. The van der Waals surface area contributed by atoms with E-state index >= 15 is 0 Å². The Morgan fingerprint density at radius 1 is 1.17 bits per heavy atom. The van der Waals surface area contributed by atoms with E-state index in [1.165, 1.54) is 13.2 Å². The summed E-state index contributed by atoms with van der Waals surface area (Å²) in [5.74, 6) is -0.394. The molecular weight excluding hydrogens is 230 g/mol. The van der Waals surface area contributed by atoms with Gasteiger partial charge >= 0.3 is 5.97 Å². The Hall–Kier alpha value is -2.49. The van der Waals surface area contributed by atoms with Crippen molar-refractivity contribution < 1.29 is 14.6 Å². The van der Waals surface area contributed by atoms with Gasteiger partial charge in [0.25, 0.3) is 0 Å². The van der Waals surface area contributed by atoms with Crippen LogP contribution in [-0.4, -0.2) is 18.2 Å². The molecule has 2 aromatic carbocycles. The Kier molecular flexibility index (Phi) is 3.19. The van der Waals surface area contributed by atoms with Gasteiger partial charge in [0, 0.05) is 16.8 Å². The molecule has 0 radical (unpaired) electrons. The third-order valence-electron chi connectivity index (χ3n) is 2.71. The molecule has 0 saturated heterocycles. The lowest BCUT2D eigenvalue weighted by Crippen LogP contribution is -2.01. The fraction of sp³-hybridized carbons (Fsp3) is 0.0714. The molecule has 18 heavy (non-hydrogen) atoms. The lowest BCUT2D eigenvalue weighted by atomic mass is 9.98. The van der Waals surface area contributed by atoms with Gasteiger partial charge in [0.05, 0.1) is 12.7 Å². The molecule has 4 heteroatoms. The molecule has 0 fully saturated rings. The van der Waals surface area contributed by atoms with E-state index in [0.29, 0.717) is 22.6 Å². The number of hydrogen-bond acceptors (Lipinski definition) is 3. The molecule has 2 aromatic rings. The number of nitrogens with two attached hydrogens (primary N) is 1. The Morgan fingerprint density at radius 3 is 2.50 bits per heavy atom. The fourth-order valence-corrected chi connectivity index (χ4v) is 1.80. The maximum Gasteiger partial charge on any atom is 0.336 e. The molecule has 4 nitrogen and oxygen atoms in total. The Labute approximate surface area is 105 Å². The van der Waals surface area contributed by atoms with Crippen molar-refractivity contribution in [1.29, 1.82) is 0 Å². The molecular formula is C14H13NO3. The number of ether oxygens (including phenoxy) is 1. The number of methoxy groups -OCH3 is 1. The number of hydrogen-bond donors (Lipinski definition) is 2. The van der Waals surface area contributed by atoms with Gasteiger partial charge in [-0.05, 0) is 24.3 Å². The number of carbonyl (C=O) groups is 1. The van der Waals surface area contributed by atoms with Crippen LogP contribution in [0.2, 0.25) is 0 Å². The van der Waals surface area contributed by atoms with E-state index in [1.807, 2.05) is 6.07 Å². The third-order valence-corrected chi connectivity index (χ3v) is 2.71. The minimum absolute atomic E-state index is 0.203. The van der Waals surface area contributed by atoms with E-state index in [2.05, 4.69) is 0 Å². The van der Waals surface area contributed by atoms with Gasteiger partial charge in [-0.2, -0.15) is 0 Å². The molecule has 2 rings (SSSR count). The van der Waals surface area contributed by atoms with Crippen LogP contribution in [0.3, 0.4) is 0 Å². The number of anilines is 1. The van der Waals surface area contributed by atoms with Crippen LogP contribution in [0.1, 0.15) is 10.4 Å². The third kappa shape index (κ3) is 2.13. The van der Waals surface area contributed by atoms with Crippen LogP contribution in [0.15, 0.2) is 42.5 Å². The maximum atomic E-state index is 11.2. The first-order valence-corrected chi connectivity index (χ1v) is 5.39. The van der Waals surface area contributed by atoms with Crippen molar-refractivity contribution in [1.82, 2.24) is 0 Å². The Bertz CT molecular complexity index is 593. The molecule has 0 unspecified atom stereocenters. The van der Waals surface area contributed by atoms with Crippen molar-refractivity contribution in [2.24, 2.45) is 0 Å². The summed E-state index contributed by atoms with van der Waals surface area (Å²) in [6.07, 6.45) is 0. The van der Waals surface area contributed by atoms with Gasteiger partial charge in [0.2, 0.25) is 0 Å². The number of carboxylic acid groups (broad SMARTS) is 1. The van der Waals surface area contributed by atoms with Gasteiger partial charge in [-0.25, -0.2) is 4.79 Å². The van der Waals surface area contributed by atoms with Crippen LogP contribution >= 0.6 is 0 Å². The van der Waals surface area contributed by atoms with E-state index in [0.717, 1.165) is 0 Å². The maximum absolute atomic E-state index is 11.2. The second kappa shape index (κ2) is 4.79. The fourth-order valence-electron chi connectivity index (χ4n) is 1.80. The smallest absolute Gasteiger partial charge is 0.336 e. The number of carboxylic acids is 1. The summed E-state index contributed by atoms with van der Waals surface area (Å²) in [4.78, 5) is 11.2. The molecule has 0 heterocycles. The average Bonchev–Trinajstić information content (AvgIpc) is 2.38. The molecule has 92 valence electrons. The summed E-state index contributed by atoms with van der Waals surface area (Å²) in [7, 11) is 1.54. The average molecular weight is 243 g/mol. The number of benzene rings is 2. The zero-order chi connectivity index (χ0) is 13.1. The standard InChI is InChI=1S/C14H13NO3/c1-18-9-6-7-11(14(16)17)12(8-9)10-4-2-3-5-13(10)15/h2-8H,15H2,1H3,(H,16,17). The monoisotopic (exact) mass is 243 g/mol. The number of aromatic carboxylic acids is 1. The van der Waals surface area contributed by atoms with Crippen molar-refractivity contribution in [2.45, 2.75) is 0 Å². The number of nitrogen functional groups attached to an aromatic ring is 1. The largest absolute Gasteiger partial charge is 0.497 e. The molecule has 0 aliphatic heterocycles. The van der Waals surface area contributed by atoms with Crippen LogP contribution in [0.5, 0.6) is 5.75 Å². The first-order chi connectivity index (χ1) is 8.63. The van der Waals surface area contributed by atoms with Gasteiger partial charge in [0.15, 0.2) is 0 Å². The minimum atomic E-state index is -0.990. The van der Waals surface area contributed by atoms with Gasteiger partial charge in [-0.15, -0.1) is 0 Å². The molecule has 0 amide bonds.